The average Bonchev–Trinajstić information content (AvgIpc) is 2.53. The molecule has 1 N–H and O–H groups in total. The molecule has 0 saturated carbocycles. The van der Waals surface area contributed by atoms with Crippen LogP contribution in [0.4, 0.5) is 4.39 Å². The van der Waals surface area contributed by atoms with Gasteiger partial charge >= 0.3 is 0 Å². The van der Waals surface area contributed by atoms with Crippen LogP contribution in [0.5, 0.6) is 0 Å². The molecule has 0 aromatic heterocycles. The van der Waals surface area contributed by atoms with Crippen molar-refractivity contribution in [3.05, 3.63) is 30.1 Å². The van der Waals surface area contributed by atoms with Crippen molar-refractivity contribution in [1.82, 2.24) is 9.62 Å². The zero-order valence-corrected chi connectivity index (χ0v) is 15.0. The van der Waals surface area contributed by atoms with Crippen LogP contribution in [0.3, 0.4) is 0 Å². The highest BCUT2D eigenvalue weighted by Crippen LogP contribution is 2.26. The molecule has 1 aromatic rings. The van der Waals surface area contributed by atoms with Crippen molar-refractivity contribution in [3.63, 3.8) is 0 Å². The number of benzene rings is 1. The maximum Gasteiger partial charge on any atom is 0.243 e. The fraction of sp³-hybridized carbons (Fsp3) is 0.588. The van der Waals surface area contributed by atoms with Gasteiger partial charge < -0.3 is 5.32 Å². The molecule has 1 amide bonds. The number of carbonyl (C=O) groups is 1. The number of hydrogen-bond acceptors (Lipinski definition) is 3. The number of hydrogen-bond donors (Lipinski definition) is 1. The summed E-state index contributed by atoms with van der Waals surface area (Å²) in [6.07, 6.45) is 2.78. The molecule has 134 valence electrons. The van der Waals surface area contributed by atoms with Crippen LogP contribution in [-0.4, -0.2) is 37.8 Å². The Morgan fingerprint density at radius 1 is 1.33 bits per heavy atom. The molecule has 1 heterocycles. The molecule has 1 atom stereocenters. The van der Waals surface area contributed by atoms with Gasteiger partial charge in [-0.2, -0.15) is 4.31 Å². The van der Waals surface area contributed by atoms with Crippen molar-refractivity contribution in [3.8, 4) is 0 Å². The summed E-state index contributed by atoms with van der Waals surface area (Å²) in [6, 6.07) is 5.02. The van der Waals surface area contributed by atoms with Crippen LogP contribution in [0, 0.1) is 11.7 Å². The van der Waals surface area contributed by atoms with Gasteiger partial charge in [-0.3, -0.25) is 4.79 Å². The van der Waals surface area contributed by atoms with E-state index < -0.39 is 15.8 Å². The fourth-order valence-electron chi connectivity index (χ4n) is 2.97. The second-order valence-corrected chi connectivity index (χ2v) is 8.52. The first-order valence-electron chi connectivity index (χ1n) is 8.34. The smallest absolute Gasteiger partial charge is 0.243 e. The van der Waals surface area contributed by atoms with E-state index in [0.717, 1.165) is 25.0 Å². The first kappa shape index (κ1) is 18.9. The largest absolute Gasteiger partial charge is 0.354 e. The van der Waals surface area contributed by atoms with Gasteiger partial charge in [0.1, 0.15) is 5.82 Å². The molecule has 0 spiro atoms. The number of nitrogens with zero attached hydrogens (tertiary/aromatic N) is 1. The zero-order valence-electron chi connectivity index (χ0n) is 14.2. The lowest BCUT2D eigenvalue weighted by Crippen LogP contribution is -2.40. The Hall–Kier alpha value is -1.47. The Morgan fingerprint density at radius 3 is 2.62 bits per heavy atom. The van der Waals surface area contributed by atoms with Gasteiger partial charge in [0.25, 0.3) is 0 Å². The summed E-state index contributed by atoms with van der Waals surface area (Å²) in [7, 11) is -3.60. The van der Waals surface area contributed by atoms with Gasteiger partial charge in [-0.05, 0) is 63.3 Å². The van der Waals surface area contributed by atoms with Crippen molar-refractivity contribution in [2.24, 2.45) is 5.92 Å². The molecular weight excluding hydrogens is 331 g/mol. The standard InChI is InChI=1S/C17H25FN2O3S/c1-13(2)19-17(21)10-5-14-4-3-11-20(12-14)24(22,23)16-8-6-15(18)7-9-16/h6-9,13-14H,3-5,10-12H2,1-2H3,(H,19,21). The summed E-state index contributed by atoms with van der Waals surface area (Å²) in [4.78, 5) is 11.9. The average molecular weight is 356 g/mol. The van der Waals surface area contributed by atoms with Crippen molar-refractivity contribution in [2.45, 2.75) is 50.5 Å². The first-order valence-corrected chi connectivity index (χ1v) is 9.78. The highest BCUT2D eigenvalue weighted by Gasteiger charge is 2.30. The maximum absolute atomic E-state index is 13.0. The van der Waals surface area contributed by atoms with Gasteiger partial charge in [0.2, 0.25) is 15.9 Å². The molecule has 5 nitrogen and oxygen atoms in total. The van der Waals surface area contributed by atoms with E-state index in [1.54, 1.807) is 0 Å². The molecule has 0 aliphatic carbocycles. The molecule has 1 fully saturated rings. The number of nitrogens with one attached hydrogen (secondary N) is 1. The molecule has 0 bridgehead atoms. The minimum atomic E-state index is -3.60. The number of carbonyl (C=O) groups excluding carboxylic acids is 1. The SMILES string of the molecule is CC(C)NC(=O)CCC1CCCN(S(=O)(=O)c2ccc(F)cc2)C1. The third-order valence-electron chi connectivity index (χ3n) is 4.16. The van der Waals surface area contributed by atoms with Crippen molar-refractivity contribution in [1.29, 1.82) is 0 Å². The van der Waals surface area contributed by atoms with Crippen LogP contribution in [0.1, 0.15) is 39.5 Å². The number of halogens is 1. The normalized spacial score (nSPS) is 19.4. The predicted molar refractivity (Wildman–Crippen MR) is 90.4 cm³/mol. The predicted octanol–water partition coefficient (Wildman–Crippen LogP) is 2.53. The van der Waals surface area contributed by atoms with Gasteiger partial charge in [0, 0.05) is 25.6 Å². The van der Waals surface area contributed by atoms with Gasteiger partial charge in [0.15, 0.2) is 0 Å². The van der Waals surface area contributed by atoms with Crippen molar-refractivity contribution >= 4 is 15.9 Å². The summed E-state index contributed by atoms with van der Waals surface area (Å²) in [5.74, 6) is -0.281. The molecular formula is C17H25FN2O3S. The molecule has 0 radical (unpaired) electrons. The Labute approximate surface area is 143 Å². The first-order chi connectivity index (χ1) is 11.3. The number of rotatable bonds is 6. The third-order valence-corrected chi connectivity index (χ3v) is 6.04. The summed E-state index contributed by atoms with van der Waals surface area (Å²) in [5, 5.41) is 2.85. The highest BCUT2D eigenvalue weighted by molar-refractivity contribution is 7.89. The van der Waals surface area contributed by atoms with E-state index in [4.69, 9.17) is 0 Å². The summed E-state index contributed by atoms with van der Waals surface area (Å²) in [6.45, 7) is 4.70. The van der Waals surface area contributed by atoms with E-state index in [0.29, 0.717) is 25.9 Å². The minimum absolute atomic E-state index is 0.00325. The maximum atomic E-state index is 13.0. The van der Waals surface area contributed by atoms with Crippen LogP contribution < -0.4 is 5.32 Å². The van der Waals surface area contributed by atoms with E-state index >= 15 is 0 Å². The zero-order chi connectivity index (χ0) is 17.7. The van der Waals surface area contributed by atoms with Gasteiger partial charge in [-0.15, -0.1) is 0 Å². The number of sulfonamides is 1. The Balaban J connectivity index is 1.97. The van der Waals surface area contributed by atoms with Crippen LogP contribution in [-0.2, 0) is 14.8 Å². The minimum Gasteiger partial charge on any atom is -0.354 e. The Kier molecular flexibility index (Phi) is 6.34. The van der Waals surface area contributed by atoms with Gasteiger partial charge in [-0.1, -0.05) is 0 Å². The van der Waals surface area contributed by atoms with Crippen molar-refractivity contribution in [2.75, 3.05) is 13.1 Å². The van der Waals surface area contributed by atoms with E-state index in [2.05, 4.69) is 5.32 Å². The summed E-state index contributed by atoms with van der Waals surface area (Å²) < 4.78 is 39.8. The second kappa shape index (κ2) is 8.07. The molecule has 1 unspecified atom stereocenters. The van der Waals surface area contributed by atoms with Crippen LogP contribution in [0.2, 0.25) is 0 Å². The molecule has 24 heavy (non-hydrogen) atoms. The van der Waals surface area contributed by atoms with E-state index in [-0.39, 0.29) is 22.8 Å². The quantitative estimate of drug-likeness (QED) is 0.852. The molecule has 1 aliphatic heterocycles. The second-order valence-electron chi connectivity index (χ2n) is 6.59. The molecule has 7 heteroatoms. The lowest BCUT2D eigenvalue weighted by atomic mass is 9.94. The van der Waals surface area contributed by atoms with Gasteiger partial charge in [-0.25, -0.2) is 12.8 Å². The summed E-state index contributed by atoms with van der Waals surface area (Å²) >= 11 is 0. The Bertz CT molecular complexity index is 659. The number of piperidine rings is 1. The van der Waals surface area contributed by atoms with E-state index in [1.807, 2.05) is 13.8 Å². The van der Waals surface area contributed by atoms with Crippen LogP contribution >= 0.6 is 0 Å². The molecule has 1 saturated heterocycles. The summed E-state index contributed by atoms with van der Waals surface area (Å²) in [5.41, 5.74) is 0. The van der Waals surface area contributed by atoms with Crippen molar-refractivity contribution < 1.29 is 17.6 Å². The molecule has 1 aromatic carbocycles. The number of amides is 1. The lowest BCUT2D eigenvalue weighted by Gasteiger charge is -2.32. The molecule has 1 aliphatic rings. The topological polar surface area (TPSA) is 66.5 Å². The van der Waals surface area contributed by atoms with Crippen LogP contribution in [0.15, 0.2) is 29.2 Å². The molecule has 2 rings (SSSR count). The highest BCUT2D eigenvalue weighted by atomic mass is 32.2. The van der Waals surface area contributed by atoms with Gasteiger partial charge in [0.05, 0.1) is 4.90 Å². The third kappa shape index (κ3) is 5.01. The van der Waals surface area contributed by atoms with Crippen LogP contribution in [0.25, 0.3) is 0 Å². The van der Waals surface area contributed by atoms with E-state index in [1.165, 1.54) is 16.4 Å². The fourth-order valence-corrected chi connectivity index (χ4v) is 4.52. The Morgan fingerprint density at radius 2 is 2.00 bits per heavy atom. The van der Waals surface area contributed by atoms with E-state index in [9.17, 15) is 17.6 Å². The monoisotopic (exact) mass is 356 g/mol. The lowest BCUT2D eigenvalue weighted by molar-refractivity contribution is -0.121.